The highest BCUT2D eigenvalue weighted by molar-refractivity contribution is 6.46. The fourth-order valence-corrected chi connectivity index (χ4v) is 3.89. The van der Waals surface area contributed by atoms with Crippen LogP contribution in [0.25, 0.3) is 5.76 Å². The van der Waals surface area contributed by atoms with Gasteiger partial charge in [-0.25, -0.2) is 0 Å². The Kier molecular flexibility index (Phi) is 6.82. The number of likely N-dealkylation sites (tertiary alicyclic amines) is 1. The summed E-state index contributed by atoms with van der Waals surface area (Å²) in [7, 11) is 0. The van der Waals surface area contributed by atoms with Crippen molar-refractivity contribution in [3.8, 4) is 11.5 Å². The molecule has 1 saturated heterocycles. The van der Waals surface area contributed by atoms with Crippen LogP contribution in [0.4, 0.5) is 0 Å². The second kappa shape index (κ2) is 10.1. The van der Waals surface area contributed by atoms with E-state index in [0.29, 0.717) is 41.6 Å². The van der Waals surface area contributed by atoms with Crippen LogP contribution in [0, 0.1) is 0 Å². The first-order valence-corrected chi connectivity index (χ1v) is 10.9. The van der Waals surface area contributed by atoms with Crippen molar-refractivity contribution in [1.29, 1.82) is 0 Å². The van der Waals surface area contributed by atoms with E-state index >= 15 is 0 Å². The molecule has 2 heterocycles. The van der Waals surface area contributed by atoms with Crippen LogP contribution < -0.4 is 9.47 Å². The summed E-state index contributed by atoms with van der Waals surface area (Å²) in [5.74, 6) is 0.0795. The van der Waals surface area contributed by atoms with Gasteiger partial charge in [0.25, 0.3) is 11.7 Å². The molecule has 1 atom stereocenters. The van der Waals surface area contributed by atoms with Crippen molar-refractivity contribution in [2.45, 2.75) is 19.5 Å². The van der Waals surface area contributed by atoms with Gasteiger partial charge in [0.1, 0.15) is 29.6 Å². The zero-order valence-electron chi connectivity index (χ0n) is 18.8. The molecule has 0 saturated carbocycles. The summed E-state index contributed by atoms with van der Waals surface area (Å²) in [6.45, 7) is 6.45. The number of hydrogen-bond acceptors (Lipinski definition) is 6. The number of aliphatic hydroxyl groups excluding tert-OH is 1. The maximum atomic E-state index is 13.1. The van der Waals surface area contributed by atoms with Gasteiger partial charge in [0.05, 0.1) is 31.0 Å². The maximum Gasteiger partial charge on any atom is 0.296 e. The van der Waals surface area contributed by atoms with Crippen molar-refractivity contribution in [3.63, 3.8) is 0 Å². The number of rotatable bonds is 9. The molecule has 7 heteroatoms. The van der Waals surface area contributed by atoms with Gasteiger partial charge >= 0.3 is 0 Å². The van der Waals surface area contributed by atoms with E-state index < -0.39 is 17.7 Å². The quantitative estimate of drug-likeness (QED) is 0.213. The summed E-state index contributed by atoms with van der Waals surface area (Å²) >= 11 is 0. The third-order valence-corrected chi connectivity index (χ3v) is 5.45. The smallest absolute Gasteiger partial charge is 0.296 e. The zero-order chi connectivity index (χ0) is 24.1. The monoisotopic (exact) mass is 459 g/mol. The van der Waals surface area contributed by atoms with Crippen molar-refractivity contribution in [2.24, 2.45) is 0 Å². The minimum Gasteiger partial charge on any atom is -0.507 e. The normalized spacial score (nSPS) is 17.1. The minimum absolute atomic E-state index is 0.0143. The van der Waals surface area contributed by atoms with Crippen molar-refractivity contribution in [3.05, 3.63) is 102 Å². The Morgan fingerprint density at radius 3 is 2.35 bits per heavy atom. The number of carbonyl (C=O) groups excluding carboxylic acids is 2. The molecule has 1 unspecified atom stereocenters. The minimum atomic E-state index is -0.794. The number of furan rings is 1. The van der Waals surface area contributed by atoms with E-state index in [1.165, 1.54) is 11.2 Å². The van der Waals surface area contributed by atoms with Crippen molar-refractivity contribution in [2.75, 3.05) is 13.2 Å². The molecule has 174 valence electrons. The van der Waals surface area contributed by atoms with Crippen LogP contribution in [-0.4, -0.2) is 34.9 Å². The van der Waals surface area contributed by atoms with Crippen LogP contribution in [0.15, 0.2) is 89.6 Å². The molecule has 1 fully saturated rings. The predicted octanol–water partition coefficient (Wildman–Crippen LogP) is 4.87. The number of nitrogens with zero attached hydrogens (tertiary/aromatic N) is 1. The number of ether oxygens (including phenoxy) is 2. The average Bonchev–Trinajstić information content (AvgIpc) is 3.46. The van der Waals surface area contributed by atoms with E-state index in [0.717, 1.165) is 0 Å². The Hall–Kier alpha value is -4.26. The van der Waals surface area contributed by atoms with Crippen LogP contribution in [0.3, 0.4) is 0 Å². The molecule has 7 nitrogen and oxygen atoms in total. The lowest BCUT2D eigenvalue weighted by atomic mass is 9.95. The first-order valence-electron chi connectivity index (χ1n) is 10.9. The maximum absolute atomic E-state index is 13.1. The molecule has 3 aromatic rings. The molecular weight excluding hydrogens is 434 g/mol. The Balaban J connectivity index is 1.77. The van der Waals surface area contributed by atoms with E-state index in [2.05, 4.69) is 6.58 Å². The lowest BCUT2D eigenvalue weighted by Gasteiger charge is -2.24. The van der Waals surface area contributed by atoms with E-state index in [4.69, 9.17) is 13.9 Å². The highest BCUT2D eigenvalue weighted by Crippen LogP contribution is 2.40. The fourth-order valence-electron chi connectivity index (χ4n) is 3.89. The van der Waals surface area contributed by atoms with Crippen molar-refractivity contribution < 1.29 is 28.6 Å². The number of Topliss-reactive ketones (excluding diaryl/α,β-unsaturated/α-hetero) is 1. The number of aliphatic hydroxyl groups is 1. The third kappa shape index (κ3) is 4.59. The highest BCUT2D eigenvalue weighted by Gasteiger charge is 2.46. The molecule has 1 N–H and O–H groups in total. The van der Waals surface area contributed by atoms with Crippen LogP contribution in [0.2, 0.25) is 0 Å². The Labute approximate surface area is 197 Å². The standard InChI is InChI=1S/C27H25NO6/c1-3-15-33-21-13-9-19(10-14-21)25(29)23-24(18-7-11-20(12-8-18)32-4-2)28(27(31)26(23)30)17-22-6-5-16-34-22/h3,5-14,16,24,29H,1,4,15,17H2,2H3/b25-23-. The SMILES string of the molecule is C=CCOc1ccc(/C(O)=C2/C(=O)C(=O)N(Cc3ccco3)C2c2ccc(OCC)cc2)cc1. The van der Waals surface area contributed by atoms with Gasteiger partial charge in [0.2, 0.25) is 0 Å². The van der Waals surface area contributed by atoms with Gasteiger partial charge in [-0.15, -0.1) is 0 Å². The first kappa shape index (κ1) is 22.9. The first-order chi connectivity index (χ1) is 16.5. The number of ketones is 1. The summed E-state index contributed by atoms with van der Waals surface area (Å²) in [5, 5.41) is 11.2. The van der Waals surface area contributed by atoms with Crippen LogP contribution in [-0.2, 0) is 16.1 Å². The van der Waals surface area contributed by atoms with Gasteiger partial charge in [-0.05, 0) is 61.0 Å². The molecule has 1 aromatic heterocycles. The molecular formula is C27H25NO6. The molecule has 4 rings (SSSR count). The van der Waals surface area contributed by atoms with E-state index in [-0.39, 0.29) is 17.9 Å². The number of amides is 1. The second-order valence-corrected chi connectivity index (χ2v) is 7.63. The summed E-state index contributed by atoms with van der Waals surface area (Å²) in [5.41, 5.74) is 1.08. The molecule has 1 amide bonds. The second-order valence-electron chi connectivity index (χ2n) is 7.63. The van der Waals surface area contributed by atoms with Gasteiger partial charge < -0.3 is 23.9 Å². The van der Waals surface area contributed by atoms with E-state index in [1.54, 1.807) is 66.7 Å². The molecule has 0 radical (unpaired) electrons. The van der Waals surface area contributed by atoms with Gasteiger partial charge in [-0.3, -0.25) is 9.59 Å². The molecule has 34 heavy (non-hydrogen) atoms. The van der Waals surface area contributed by atoms with Gasteiger partial charge in [-0.1, -0.05) is 24.8 Å². The van der Waals surface area contributed by atoms with Gasteiger partial charge in [0.15, 0.2) is 0 Å². The van der Waals surface area contributed by atoms with E-state index in [9.17, 15) is 14.7 Å². The molecule has 2 aromatic carbocycles. The summed E-state index contributed by atoms with van der Waals surface area (Å²) in [6, 6.07) is 16.4. The Bertz CT molecular complexity index is 1190. The zero-order valence-corrected chi connectivity index (χ0v) is 18.8. The number of hydrogen-bond donors (Lipinski definition) is 1. The van der Waals surface area contributed by atoms with Crippen LogP contribution >= 0.6 is 0 Å². The number of carbonyl (C=O) groups is 2. The molecule has 0 bridgehead atoms. The topological polar surface area (TPSA) is 89.2 Å². The predicted molar refractivity (Wildman–Crippen MR) is 126 cm³/mol. The van der Waals surface area contributed by atoms with Crippen molar-refractivity contribution >= 4 is 17.4 Å². The molecule has 0 spiro atoms. The largest absolute Gasteiger partial charge is 0.507 e. The van der Waals surface area contributed by atoms with Gasteiger partial charge in [0, 0.05) is 5.56 Å². The number of benzene rings is 2. The van der Waals surface area contributed by atoms with Crippen LogP contribution in [0.1, 0.15) is 29.9 Å². The molecule has 1 aliphatic heterocycles. The molecule has 1 aliphatic rings. The van der Waals surface area contributed by atoms with Crippen LogP contribution in [0.5, 0.6) is 11.5 Å². The summed E-state index contributed by atoms with van der Waals surface area (Å²) < 4.78 is 16.4. The highest BCUT2D eigenvalue weighted by atomic mass is 16.5. The summed E-state index contributed by atoms with van der Waals surface area (Å²) in [4.78, 5) is 27.6. The lowest BCUT2D eigenvalue weighted by Crippen LogP contribution is -2.29. The average molecular weight is 459 g/mol. The van der Waals surface area contributed by atoms with Crippen molar-refractivity contribution in [1.82, 2.24) is 4.90 Å². The third-order valence-electron chi connectivity index (χ3n) is 5.45. The van der Waals surface area contributed by atoms with Gasteiger partial charge in [-0.2, -0.15) is 0 Å². The summed E-state index contributed by atoms with van der Waals surface area (Å²) in [6.07, 6.45) is 3.14. The molecule has 0 aliphatic carbocycles. The Morgan fingerprint density at radius 1 is 1.06 bits per heavy atom. The van der Waals surface area contributed by atoms with E-state index in [1.807, 2.05) is 6.92 Å². The fraction of sp³-hybridized carbons (Fsp3) is 0.185. The lowest BCUT2D eigenvalue weighted by molar-refractivity contribution is -0.140. The Morgan fingerprint density at radius 2 is 1.74 bits per heavy atom.